The van der Waals surface area contributed by atoms with Gasteiger partial charge in [-0.25, -0.2) is 9.37 Å². The third-order valence-electron chi connectivity index (χ3n) is 3.46. The molecule has 1 atom stereocenters. The molecular weight excluding hydrogens is 243 g/mol. The van der Waals surface area contributed by atoms with E-state index in [0.29, 0.717) is 0 Å². The van der Waals surface area contributed by atoms with E-state index in [1.54, 1.807) is 18.3 Å². The fourth-order valence-corrected chi connectivity index (χ4v) is 2.37. The monoisotopic (exact) mass is 260 g/mol. The Kier molecular flexibility index (Phi) is 3.31. The predicted molar refractivity (Wildman–Crippen MR) is 72.2 cm³/mol. The van der Waals surface area contributed by atoms with Crippen molar-refractivity contribution >= 4 is 0 Å². The van der Waals surface area contributed by atoms with Gasteiger partial charge in [0.05, 0.1) is 17.9 Å². The van der Waals surface area contributed by atoms with E-state index in [0.717, 1.165) is 36.7 Å². The van der Waals surface area contributed by atoms with Crippen molar-refractivity contribution < 1.29 is 4.39 Å². The second-order valence-electron chi connectivity index (χ2n) is 4.96. The average molecular weight is 260 g/mol. The molecule has 1 aliphatic heterocycles. The van der Waals surface area contributed by atoms with Gasteiger partial charge in [-0.1, -0.05) is 0 Å². The molecule has 5 heteroatoms. The van der Waals surface area contributed by atoms with Crippen molar-refractivity contribution in [3.8, 4) is 11.3 Å². The summed E-state index contributed by atoms with van der Waals surface area (Å²) in [5.41, 5.74) is 1.87. The number of imidazole rings is 1. The summed E-state index contributed by atoms with van der Waals surface area (Å²) in [7, 11) is 2.11. The Morgan fingerprint density at radius 1 is 1.32 bits per heavy atom. The molecular formula is C14H17FN4. The number of likely N-dealkylation sites (N-methyl/N-ethyl adjacent to an activating group) is 1. The molecule has 4 nitrogen and oxygen atoms in total. The summed E-state index contributed by atoms with van der Waals surface area (Å²) in [5, 5.41) is 3.44. The molecule has 0 bridgehead atoms. The Hall–Kier alpha value is -1.72. The van der Waals surface area contributed by atoms with Gasteiger partial charge in [-0.15, -0.1) is 0 Å². The highest BCUT2D eigenvalue weighted by Crippen LogP contribution is 2.20. The highest BCUT2D eigenvalue weighted by atomic mass is 19.1. The summed E-state index contributed by atoms with van der Waals surface area (Å²) in [4.78, 5) is 10.0. The minimum absolute atomic E-state index is 0.223. The van der Waals surface area contributed by atoms with Crippen LogP contribution in [0.15, 0.2) is 30.5 Å². The number of nitrogens with one attached hydrogen (secondary N) is 2. The minimum atomic E-state index is -0.223. The van der Waals surface area contributed by atoms with Gasteiger partial charge in [0.15, 0.2) is 0 Å². The fraction of sp³-hybridized carbons (Fsp3) is 0.357. The second kappa shape index (κ2) is 5.11. The molecule has 1 aromatic heterocycles. The topological polar surface area (TPSA) is 44.0 Å². The van der Waals surface area contributed by atoms with Crippen LogP contribution in [-0.2, 0) is 0 Å². The van der Waals surface area contributed by atoms with Gasteiger partial charge in [-0.05, 0) is 36.9 Å². The van der Waals surface area contributed by atoms with Crippen LogP contribution in [0, 0.1) is 5.82 Å². The molecule has 0 amide bonds. The Balaban J connectivity index is 1.81. The Morgan fingerprint density at radius 3 is 2.84 bits per heavy atom. The molecule has 0 spiro atoms. The third kappa shape index (κ3) is 2.67. The van der Waals surface area contributed by atoms with Crippen LogP contribution in [0.1, 0.15) is 11.9 Å². The summed E-state index contributed by atoms with van der Waals surface area (Å²) in [6.07, 6.45) is 1.80. The number of hydrogen-bond donors (Lipinski definition) is 2. The van der Waals surface area contributed by atoms with Gasteiger partial charge >= 0.3 is 0 Å². The van der Waals surface area contributed by atoms with Gasteiger partial charge in [-0.2, -0.15) is 0 Å². The van der Waals surface area contributed by atoms with Crippen LogP contribution >= 0.6 is 0 Å². The summed E-state index contributed by atoms with van der Waals surface area (Å²) < 4.78 is 12.9. The molecule has 0 aliphatic carbocycles. The first-order valence-corrected chi connectivity index (χ1v) is 6.45. The maximum atomic E-state index is 12.9. The molecule has 1 fully saturated rings. The van der Waals surface area contributed by atoms with E-state index in [1.165, 1.54) is 12.1 Å². The highest BCUT2D eigenvalue weighted by Gasteiger charge is 2.20. The minimum Gasteiger partial charge on any atom is -0.341 e. The molecule has 0 saturated carbocycles. The summed E-state index contributed by atoms with van der Waals surface area (Å²) >= 11 is 0. The average Bonchev–Trinajstić information content (AvgIpc) is 2.89. The van der Waals surface area contributed by atoms with Crippen LogP contribution < -0.4 is 5.32 Å². The number of H-pyrrole nitrogens is 1. The van der Waals surface area contributed by atoms with Crippen LogP contribution in [0.5, 0.6) is 0 Å². The first-order valence-electron chi connectivity index (χ1n) is 6.45. The van der Waals surface area contributed by atoms with E-state index in [4.69, 9.17) is 0 Å². The van der Waals surface area contributed by atoms with E-state index in [-0.39, 0.29) is 11.9 Å². The van der Waals surface area contributed by atoms with Gasteiger partial charge in [0.2, 0.25) is 0 Å². The zero-order valence-corrected chi connectivity index (χ0v) is 10.9. The molecule has 0 radical (unpaired) electrons. The molecule has 1 unspecified atom stereocenters. The van der Waals surface area contributed by atoms with Crippen molar-refractivity contribution in [2.24, 2.45) is 0 Å². The zero-order valence-electron chi connectivity index (χ0n) is 10.9. The van der Waals surface area contributed by atoms with Crippen molar-refractivity contribution in [1.82, 2.24) is 20.2 Å². The van der Waals surface area contributed by atoms with Gasteiger partial charge in [0.25, 0.3) is 0 Å². The number of aromatic amines is 1. The van der Waals surface area contributed by atoms with Crippen molar-refractivity contribution in [1.29, 1.82) is 0 Å². The first kappa shape index (κ1) is 12.3. The summed E-state index contributed by atoms with van der Waals surface area (Å²) in [6, 6.07) is 6.67. The van der Waals surface area contributed by atoms with Gasteiger partial charge in [0, 0.05) is 19.6 Å². The van der Waals surface area contributed by atoms with Crippen molar-refractivity contribution in [2.45, 2.75) is 6.04 Å². The molecule has 2 N–H and O–H groups in total. The molecule has 19 heavy (non-hydrogen) atoms. The highest BCUT2D eigenvalue weighted by molar-refractivity contribution is 5.58. The lowest BCUT2D eigenvalue weighted by Crippen LogP contribution is -2.44. The molecule has 3 rings (SSSR count). The Morgan fingerprint density at radius 2 is 2.11 bits per heavy atom. The smallest absolute Gasteiger partial charge is 0.125 e. The van der Waals surface area contributed by atoms with Crippen LogP contribution in [0.4, 0.5) is 4.39 Å². The summed E-state index contributed by atoms with van der Waals surface area (Å²) in [6.45, 7) is 2.96. The van der Waals surface area contributed by atoms with Crippen LogP contribution in [0.2, 0.25) is 0 Å². The number of halogens is 1. The van der Waals surface area contributed by atoms with Crippen molar-refractivity contribution in [3.05, 3.63) is 42.1 Å². The standard InChI is InChI=1S/C14H17FN4/c1-19-7-6-16-13(9-19)14-17-8-12(18-14)10-2-4-11(15)5-3-10/h2-5,8,13,16H,6-7,9H2,1H3,(H,17,18). The van der Waals surface area contributed by atoms with Gasteiger partial charge in [0.1, 0.15) is 11.6 Å². The second-order valence-corrected chi connectivity index (χ2v) is 4.96. The Labute approximate surface area is 111 Å². The quantitative estimate of drug-likeness (QED) is 0.865. The summed E-state index contributed by atoms with van der Waals surface area (Å²) in [5.74, 6) is 0.713. The van der Waals surface area contributed by atoms with Gasteiger partial charge in [-0.3, -0.25) is 0 Å². The van der Waals surface area contributed by atoms with E-state index >= 15 is 0 Å². The van der Waals surface area contributed by atoms with E-state index in [2.05, 4.69) is 27.2 Å². The molecule has 1 saturated heterocycles. The first-order chi connectivity index (χ1) is 9.22. The number of nitrogens with zero attached hydrogens (tertiary/aromatic N) is 2. The number of benzene rings is 1. The predicted octanol–water partition coefficient (Wildman–Crippen LogP) is 1.79. The number of rotatable bonds is 2. The largest absolute Gasteiger partial charge is 0.341 e. The SMILES string of the molecule is CN1CCNC(c2ncc(-c3ccc(F)cc3)[nH]2)C1. The molecule has 2 aromatic rings. The lowest BCUT2D eigenvalue weighted by atomic mass is 10.2. The number of aromatic nitrogens is 2. The normalized spacial score (nSPS) is 20.6. The molecule has 1 aromatic carbocycles. The maximum Gasteiger partial charge on any atom is 0.125 e. The fourth-order valence-electron chi connectivity index (χ4n) is 2.37. The van der Waals surface area contributed by atoms with Crippen molar-refractivity contribution in [3.63, 3.8) is 0 Å². The number of piperazine rings is 1. The zero-order chi connectivity index (χ0) is 13.2. The molecule has 1 aliphatic rings. The van der Waals surface area contributed by atoms with Crippen LogP contribution in [0.3, 0.4) is 0 Å². The number of hydrogen-bond acceptors (Lipinski definition) is 3. The Bertz CT molecular complexity index is 549. The van der Waals surface area contributed by atoms with E-state index in [9.17, 15) is 4.39 Å². The van der Waals surface area contributed by atoms with Gasteiger partial charge < -0.3 is 15.2 Å². The lowest BCUT2D eigenvalue weighted by molar-refractivity contribution is 0.236. The molecule has 100 valence electrons. The van der Waals surface area contributed by atoms with E-state index in [1.807, 2.05) is 0 Å². The maximum absolute atomic E-state index is 12.9. The van der Waals surface area contributed by atoms with Crippen molar-refractivity contribution in [2.75, 3.05) is 26.7 Å². The third-order valence-corrected chi connectivity index (χ3v) is 3.46. The van der Waals surface area contributed by atoms with Crippen LogP contribution in [0.25, 0.3) is 11.3 Å². The lowest BCUT2D eigenvalue weighted by Gasteiger charge is -2.29. The van der Waals surface area contributed by atoms with E-state index < -0.39 is 0 Å². The molecule has 2 heterocycles. The van der Waals surface area contributed by atoms with Crippen LogP contribution in [-0.4, -0.2) is 41.5 Å².